The van der Waals surface area contributed by atoms with E-state index in [9.17, 15) is 0 Å². The molecule has 0 heterocycles. The third-order valence-electron chi connectivity index (χ3n) is 2.46. The minimum atomic E-state index is 0.744. The molecule has 120 valence electrons. The SMILES string of the molecule is C=C(N)CC(/C=C\CC)=C/CCCC.CC.CCCC. The highest BCUT2D eigenvalue weighted by Gasteiger charge is 1.93. The molecule has 0 saturated carbocycles. The van der Waals surface area contributed by atoms with E-state index in [0.717, 1.165) is 25.0 Å². The summed E-state index contributed by atoms with van der Waals surface area (Å²) in [5.41, 5.74) is 7.64. The van der Waals surface area contributed by atoms with Crippen molar-refractivity contribution in [1.82, 2.24) is 0 Å². The van der Waals surface area contributed by atoms with Crippen molar-refractivity contribution in [3.05, 3.63) is 36.1 Å². The van der Waals surface area contributed by atoms with Gasteiger partial charge in [-0.25, -0.2) is 0 Å². The Balaban J connectivity index is -0.000000410. The van der Waals surface area contributed by atoms with Gasteiger partial charge in [-0.1, -0.05) is 92.0 Å². The number of allylic oxidation sites excluding steroid dienone is 4. The average molecular weight is 282 g/mol. The molecule has 0 rings (SSSR count). The van der Waals surface area contributed by atoms with Gasteiger partial charge in [0.05, 0.1) is 0 Å². The molecule has 2 N–H and O–H groups in total. The fourth-order valence-electron chi connectivity index (χ4n) is 1.22. The molecule has 0 radical (unpaired) electrons. The molecule has 0 fully saturated rings. The van der Waals surface area contributed by atoms with Crippen LogP contribution in [0, 0.1) is 0 Å². The molecule has 0 aliphatic heterocycles. The maximum atomic E-state index is 5.60. The fourth-order valence-corrected chi connectivity index (χ4v) is 1.22. The molecule has 0 aliphatic rings. The second kappa shape index (κ2) is 23.1. The predicted molar refractivity (Wildman–Crippen MR) is 96.9 cm³/mol. The first kappa shape index (κ1) is 24.1. The van der Waals surface area contributed by atoms with Gasteiger partial charge >= 0.3 is 0 Å². The van der Waals surface area contributed by atoms with E-state index < -0.39 is 0 Å². The summed E-state index contributed by atoms with van der Waals surface area (Å²) in [6.07, 6.45) is 14.8. The van der Waals surface area contributed by atoms with Gasteiger partial charge in [-0.2, -0.15) is 0 Å². The van der Waals surface area contributed by atoms with Gasteiger partial charge in [0.2, 0.25) is 0 Å². The molecule has 1 heteroatoms. The second-order valence-corrected chi connectivity index (χ2v) is 4.57. The number of unbranched alkanes of at least 4 members (excludes halogenated alkanes) is 3. The maximum Gasteiger partial charge on any atom is 0.0111 e. The van der Waals surface area contributed by atoms with Gasteiger partial charge in [-0.05, 0) is 18.4 Å². The van der Waals surface area contributed by atoms with Gasteiger partial charge in [0.15, 0.2) is 0 Å². The summed E-state index contributed by atoms with van der Waals surface area (Å²) in [6.45, 7) is 16.4. The number of nitrogens with two attached hydrogens (primary N) is 1. The van der Waals surface area contributed by atoms with Gasteiger partial charge in [-0.15, -0.1) is 0 Å². The van der Waals surface area contributed by atoms with Crippen molar-refractivity contribution in [2.24, 2.45) is 5.73 Å². The lowest BCUT2D eigenvalue weighted by molar-refractivity contribution is 0.810. The molecular weight excluding hydrogens is 242 g/mol. The van der Waals surface area contributed by atoms with Crippen LogP contribution in [0.25, 0.3) is 0 Å². The van der Waals surface area contributed by atoms with Gasteiger partial charge < -0.3 is 5.73 Å². The first-order chi connectivity index (χ1) is 9.62. The van der Waals surface area contributed by atoms with Crippen molar-refractivity contribution < 1.29 is 0 Å². The van der Waals surface area contributed by atoms with Crippen molar-refractivity contribution in [2.75, 3.05) is 0 Å². The summed E-state index contributed by atoms with van der Waals surface area (Å²) in [5, 5.41) is 0. The Kier molecular flexibility index (Phi) is 27.8. The lowest BCUT2D eigenvalue weighted by atomic mass is 10.1. The Morgan fingerprint density at radius 3 is 1.90 bits per heavy atom. The lowest BCUT2D eigenvalue weighted by Gasteiger charge is -2.01. The highest BCUT2D eigenvalue weighted by molar-refractivity contribution is 5.23. The second-order valence-electron chi connectivity index (χ2n) is 4.57. The van der Waals surface area contributed by atoms with Gasteiger partial charge in [0.25, 0.3) is 0 Å². The van der Waals surface area contributed by atoms with Crippen LogP contribution in [0.2, 0.25) is 0 Å². The van der Waals surface area contributed by atoms with Crippen molar-refractivity contribution in [1.29, 1.82) is 0 Å². The van der Waals surface area contributed by atoms with E-state index in [-0.39, 0.29) is 0 Å². The summed E-state index contributed by atoms with van der Waals surface area (Å²) >= 11 is 0. The molecule has 0 atom stereocenters. The van der Waals surface area contributed by atoms with E-state index in [1.165, 1.54) is 31.3 Å². The maximum absolute atomic E-state index is 5.60. The van der Waals surface area contributed by atoms with E-state index in [1.807, 2.05) is 13.8 Å². The third-order valence-corrected chi connectivity index (χ3v) is 2.46. The zero-order valence-electron chi connectivity index (χ0n) is 15.0. The minimum absolute atomic E-state index is 0.744. The molecule has 0 spiro atoms. The van der Waals surface area contributed by atoms with Crippen LogP contribution in [-0.4, -0.2) is 0 Å². The molecule has 0 aromatic rings. The summed E-state index contributed by atoms with van der Waals surface area (Å²) in [4.78, 5) is 0. The Bertz CT molecular complexity index is 234. The molecule has 0 aliphatic carbocycles. The third kappa shape index (κ3) is 25.8. The van der Waals surface area contributed by atoms with Crippen molar-refractivity contribution in [3.63, 3.8) is 0 Å². The largest absolute Gasteiger partial charge is 0.402 e. The van der Waals surface area contributed by atoms with E-state index in [1.54, 1.807) is 0 Å². The van der Waals surface area contributed by atoms with Crippen molar-refractivity contribution in [3.8, 4) is 0 Å². The highest BCUT2D eigenvalue weighted by atomic mass is 14.6. The normalized spacial score (nSPS) is 10.4. The Morgan fingerprint density at radius 1 is 1.00 bits per heavy atom. The van der Waals surface area contributed by atoms with Crippen LogP contribution in [0.1, 0.15) is 86.5 Å². The van der Waals surface area contributed by atoms with Gasteiger partial charge in [0, 0.05) is 12.1 Å². The molecule has 0 aromatic carbocycles. The van der Waals surface area contributed by atoms with E-state index in [2.05, 4.69) is 52.5 Å². The zero-order valence-corrected chi connectivity index (χ0v) is 15.0. The smallest absolute Gasteiger partial charge is 0.0111 e. The van der Waals surface area contributed by atoms with Crippen LogP contribution in [-0.2, 0) is 0 Å². The Labute approximate surface area is 129 Å². The van der Waals surface area contributed by atoms with Crippen LogP contribution in [0.5, 0.6) is 0 Å². The minimum Gasteiger partial charge on any atom is -0.402 e. The molecule has 0 amide bonds. The monoisotopic (exact) mass is 281 g/mol. The van der Waals surface area contributed by atoms with Gasteiger partial charge in [-0.3, -0.25) is 0 Å². The van der Waals surface area contributed by atoms with Crippen LogP contribution >= 0.6 is 0 Å². The lowest BCUT2D eigenvalue weighted by Crippen LogP contribution is -1.95. The molecule has 0 bridgehead atoms. The standard InChI is InChI=1S/C13H23N.C4H10.C2H6/c1-4-6-8-10-13(9-7-5-2)11-12(3)14;1-3-4-2;1-2/h7,9-10H,3-6,8,11,14H2,1-2H3;3-4H2,1-2H3;1-2H3/b9-7-,13-10+;;. The summed E-state index contributed by atoms with van der Waals surface area (Å²) in [5.74, 6) is 0. The zero-order chi connectivity index (χ0) is 16.2. The number of hydrogen-bond acceptors (Lipinski definition) is 1. The van der Waals surface area contributed by atoms with Crippen LogP contribution < -0.4 is 5.73 Å². The number of rotatable bonds is 8. The molecule has 1 nitrogen and oxygen atoms in total. The van der Waals surface area contributed by atoms with E-state index in [4.69, 9.17) is 5.73 Å². The molecule has 0 aromatic heterocycles. The fraction of sp³-hybridized carbons (Fsp3) is 0.684. The van der Waals surface area contributed by atoms with E-state index >= 15 is 0 Å². The predicted octanol–water partition coefficient (Wildman–Crippen LogP) is 6.76. The van der Waals surface area contributed by atoms with E-state index in [0.29, 0.717) is 0 Å². The first-order valence-electron chi connectivity index (χ1n) is 8.40. The molecule has 0 unspecified atom stereocenters. The topological polar surface area (TPSA) is 26.0 Å². The Morgan fingerprint density at radius 2 is 1.55 bits per heavy atom. The van der Waals surface area contributed by atoms with Gasteiger partial charge in [0.1, 0.15) is 0 Å². The summed E-state index contributed by atoms with van der Waals surface area (Å²) < 4.78 is 0. The molecule has 0 saturated heterocycles. The number of hydrogen-bond donors (Lipinski definition) is 1. The molecular formula is C19H39N. The average Bonchev–Trinajstić information content (AvgIpc) is 2.46. The Hall–Kier alpha value is -0.980. The first-order valence-corrected chi connectivity index (χ1v) is 8.40. The molecule has 20 heavy (non-hydrogen) atoms. The van der Waals surface area contributed by atoms with Crippen molar-refractivity contribution in [2.45, 2.75) is 86.5 Å². The van der Waals surface area contributed by atoms with Crippen LogP contribution in [0.3, 0.4) is 0 Å². The van der Waals surface area contributed by atoms with Crippen molar-refractivity contribution >= 4 is 0 Å². The van der Waals surface area contributed by atoms with Crippen LogP contribution in [0.4, 0.5) is 0 Å². The summed E-state index contributed by atoms with van der Waals surface area (Å²) in [7, 11) is 0. The quantitative estimate of drug-likeness (QED) is 0.386. The highest BCUT2D eigenvalue weighted by Crippen LogP contribution is 2.10. The summed E-state index contributed by atoms with van der Waals surface area (Å²) in [6, 6.07) is 0. The van der Waals surface area contributed by atoms with Crippen LogP contribution in [0.15, 0.2) is 36.1 Å².